The minimum Gasteiger partial charge on any atom is -0.481 e. The lowest BCUT2D eigenvalue weighted by Gasteiger charge is -2.41. The largest absolute Gasteiger partial charge is 0.481 e. The van der Waals surface area contributed by atoms with Crippen LogP contribution in [-0.4, -0.2) is 43.9 Å². The van der Waals surface area contributed by atoms with Crippen molar-refractivity contribution >= 4 is 22.4 Å². The van der Waals surface area contributed by atoms with Gasteiger partial charge in [0.25, 0.3) is 0 Å². The quantitative estimate of drug-likeness (QED) is 0.898. The van der Waals surface area contributed by atoms with Crippen molar-refractivity contribution in [2.24, 2.45) is 11.1 Å². The van der Waals surface area contributed by atoms with E-state index in [-0.39, 0.29) is 28.8 Å². The lowest BCUT2D eigenvalue weighted by Crippen LogP contribution is -2.53. The maximum atomic E-state index is 12.6. The fraction of sp³-hybridized carbons (Fsp3) is 0.615. The summed E-state index contributed by atoms with van der Waals surface area (Å²) in [4.78, 5) is 4.14. The molecule has 1 unspecified atom stereocenters. The Bertz CT molecular complexity index is 575. The predicted octanol–water partition coefficient (Wildman–Crippen LogP) is 1.26. The zero-order chi connectivity index (χ0) is 15.0. The Morgan fingerprint density at radius 1 is 1.43 bits per heavy atom. The number of sulfonamides is 1. The van der Waals surface area contributed by atoms with E-state index in [0.717, 1.165) is 0 Å². The van der Waals surface area contributed by atoms with Crippen LogP contribution in [0.25, 0.3) is 0 Å². The summed E-state index contributed by atoms with van der Waals surface area (Å²) in [7, 11) is -2.03. The van der Waals surface area contributed by atoms with E-state index in [4.69, 9.17) is 10.5 Å². The average molecular weight is 336 g/mol. The fourth-order valence-electron chi connectivity index (χ4n) is 2.32. The zero-order valence-electron chi connectivity index (χ0n) is 12.4. The van der Waals surface area contributed by atoms with E-state index in [2.05, 4.69) is 4.98 Å². The van der Waals surface area contributed by atoms with Gasteiger partial charge in [-0.05, 0) is 17.9 Å². The van der Waals surface area contributed by atoms with Crippen molar-refractivity contribution in [1.82, 2.24) is 9.29 Å². The molecule has 8 heteroatoms. The number of nitrogens with zero attached hydrogens (tertiary/aromatic N) is 2. The molecular weight excluding hydrogens is 314 g/mol. The Balaban J connectivity index is 0.00000220. The normalized spacial score (nSPS) is 22.4. The van der Waals surface area contributed by atoms with Crippen LogP contribution in [0.5, 0.6) is 5.88 Å². The number of methoxy groups -OCH3 is 1. The summed E-state index contributed by atoms with van der Waals surface area (Å²) in [5, 5.41) is 0. The maximum Gasteiger partial charge on any atom is 0.244 e. The van der Waals surface area contributed by atoms with E-state index in [1.807, 2.05) is 13.8 Å². The van der Waals surface area contributed by atoms with Gasteiger partial charge in [-0.1, -0.05) is 13.8 Å². The molecule has 0 saturated carbocycles. The number of hydrogen-bond donors (Lipinski definition) is 1. The molecule has 1 saturated heterocycles. The molecule has 0 aliphatic carbocycles. The van der Waals surface area contributed by atoms with Crippen LogP contribution in [0.1, 0.15) is 20.3 Å². The summed E-state index contributed by atoms with van der Waals surface area (Å²) < 4.78 is 31.6. The number of halogens is 1. The number of ether oxygens (including phenoxy) is 1. The molecule has 0 amide bonds. The Labute approximate surface area is 132 Å². The molecule has 0 aromatic carbocycles. The first kappa shape index (κ1) is 18.2. The van der Waals surface area contributed by atoms with E-state index < -0.39 is 10.0 Å². The third kappa shape index (κ3) is 3.66. The highest BCUT2D eigenvalue weighted by Crippen LogP contribution is 2.31. The van der Waals surface area contributed by atoms with Crippen LogP contribution in [0.15, 0.2) is 23.2 Å². The molecule has 1 aromatic rings. The smallest absolute Gasteiger partial charge is 0.244 e. The molecule has 1 aromatic heterocycles. The summed E-state index contributed by atoms with van der Waals surface area (Å²) >= 11 is 0. The molecule has 0 bridgehead atoms. The van der Waals surface area contributed by atoms with Crippen LogP contribution in [-0.2, 0) is 10.0 Å². The summed E-state index contributed by atoms with van der Waals surface area (Å²) in [6, 6.07) is 3.08. The van der Waals surface area contributed by atoms with Crippen molar-refractivity contribution < 1.29 is 13.2 Å². The van der Waals surface area contributed by atoms with Crippen molar-refractivity contribution in [2.45, 2.75) is 31.2 Å². The summed E-state index contributed by atoms with van der Waals surface area (Å²) in [5.41, 5.74) is 5.81. The maximum absolute atomic E-state index is 12.6. The van der Waals surface area contributed by atoms with Crippen LogP contribution in [0.4, 0.5) is 0 Å². The fourth-order valence-corrected chi connectivity index (χ4v) is 3.89. The van der Waals surface area contributed by atoms with Gasteiger partial charge in [0.2, 0.25) is 15.9 Å². The first-order valence-corrected chi connectivity index (χ1v) is 7.97. The molecule has 2 heterocycles. The average Bonchev–Trinajstić information content (AvgIpc) is 2.41. The van der Waals surface area contributed by atoms with Gasteiger partial charge < -0.3 is 10.5 Å². The van der Waals surface area contributed by atoms with Gasteiger partial charge in [-0.2, -0.15) is 4.31 Å². The number of piperidine rings is 1. The van der Waals surface area contributed by atoms with Gasteiger partial charge in [-0.15, -0.1) is 12.4 Å². The molecule has 6 nitrogen and oxygen atoms in total. The number of rotatable bonds is 3. The number of hydrogen-bond acceptors (Lipinski definition) is 5. The van der Waals surface area contributed by atoms with Crippen molar-refractivity contribution in [3.63, 3.8) is 0 Å². The van der Waals surface area contributed by atoms with Crippen LogP contribution < -0.4 is 10.5 Å². The highest BCUT2D eigenvalue weighted by molar-refractivity contribution is 7.89. The minimum atomic E-state index is -3.52. The topological polar surface area (TPSA) is 85.5 Å². The van der Waals surface area contributed by atoms with Crippen LogP contribution in [0.3, 0.4) is 0 Å². The number of aromatic nitrogens is 1. The van der Waals surface area contributed by atoms with E-state index in [1.54, 1.807) is 6.07 Å². The first-order chi connectivity index (χ1) is 9.27. The van der Waals surface area contributed by atoms with E-state index in [0.29, 0.717) is 25.4 Å². The number of nitrogens with two attached hydrogens (primary N) is 1. The molecule has 0 spiro atoms. The van der Waals surface area contributed by atoms with Crippen molar-refractivity contribution in [1.29, 1.82) is 0 Å². The van der Waals surface area contributed by atoms with Crippen molar-refractivity contribution in [2.75, 3.05) is 20.2 Å². The van der Waals surface area contributed by atoms with Gasteiger partial charge in [0.05, 0.1) is 13.3 Å². The standard InChI is InChI=1S/C13H21N3O3S.ClH/c1-13(2)9-16(7-6-11(13)14)20(17,18)10-4-5-12(19-3)15-8-10;/h4-5,8,11H,6-7,9,14H2,1-3H3;1H. The Kier molecular flexibility index (Phi) is 5.60. The second-order valence-electron chi connectivity index (χ2n) is 5.76. The molecule has 2 rings (SSSR count). The minimum absolute atomic E-state index is 0. The summed E-state index contributed by atoms with van der Waals surface area (Å²) in [6.07, 6.45) is 1.99. The van der Waals surface area contributed by atoms with Gasteiger partial charge in [-0.3, -0.25) is 0 Å². The summed E-state index contributed by atoms with van der Waals surface area (Å²) in [5.74, 6) is 0.393. The Morgan fingerprint density at radius 2 is 2.10 bits per heavy atom. The monoisotopic (exact) mass is 335 g/mol. The first-order valence-electron chi connectivity index (χ1n) is 6.53. The van der Waals surface area contributed by atoms with E-state index in [1.165, 1.54) is 23.7 Å². The van der Waals surface area contributed by atoms with Crippen molar-refractivity contribution in [3.8, 4) is 5.88 Å². The van der Waals surface area contributed by atoms with Gasteiger partial charge in [0.1, 0.15) is 4.90 Å². The van der Waals surface area contributed by atoms with Gasteiger partial charge in [0.15, 0.2) is 0 Å². The molecule has 1 aliphatic heterocycles. The van der Waals surface area contributed by atoms with Crippen LogP contribution >= 0.6 is 12.4 Å². The molecule has 120 valence electrons. The van der Waals surface area contributed by atoms with Crippen molar-refractivity contribution in [3.05, 3.63) is 18.3 Å². The lowest BCUT2D eigenvalue weighted by molar-refractivity contribution is 0.155. The lowest BCUT2D eigenvalue weighted by atomic mass is 9.81. The van der Waals surface area contributed by atoms with Gasteiger partial charge in [-0.25, -0.2) is 13.4 Å². The van der Waals surface area contributed by atoms with Gasteiger partial charge >= 0.3 is 0 Å². The Morgan fingerprint density at radius 3 is 2.57 bits per heavy atom. The third-order valence-corrected chi connectivity index (χ3v) is 5.66. The highest BCUT2D eigenvalue weighted by Gasteiger charge is 2.38. The predicted molar refractivity (Wildman–Crippen MR) is 83.2 cm³/mol. The SMILES string of the molecule is COc1ccc(S(=O)(=O)N2CCC(N)C(C)(C)C2)cn1.Cl. The van der Waals surface area contributed by atoms with E-state index in [9.17, 15) is 8.42 Å². The molecule has 2 N–H and O–H groups in total. The molecule has 1 aliphatic rings. The zero-order valence-corrected chi connectivity index (χ0v) is 14.1. The van der Waals surface area contributed by atoms with Crippen LogP contribution in [0.2, 0.25) is 0 Å². The van der Waals surface area contributed by atoms with Crippen LogP contribution in [0, 0.1) is 5.41 Å². The highest BCUT2D eigenvalue weighted by atomic mass is 35.5. The second kappa shape index (κ2) is 6.48. The third-order valence-electron chi connectivity index (χ3n) is 3.83. The molecule has 21 heavy (non-hydrogen) atoms. The Hall–Kier alpha value is -0.890. The van der Waals surface area contributed by atoms with Gasteiger partial charge in [0, 0.05) is 25.2 Å². The molecule has 1 atom stereocenters. The molecule has 1 fully saturated rings. The number of pyridine rings is 1. The summed E-state index contributed by atoms with van der Waals surface area (Å²) in [6.45, 7) is 4.85. The van der Waals surface area contributed by atoms with E-state index >= 15 is 0 Å². The molecule has 0 radical (unpaired) electrons. The molecular formula is C13H22ClN3O3S. The second-order valence-corrected chi connectivity index (χ2v) is 7.70.